The van der Waals surface area contributed by atoms with Gasteiger partial charge in [0, 0.05) is 18.3 Å². The molecule has 1 N–H and O–H groups in total. The van der Waals surface area contributed by atoms with Crippen LogP contribution in [0.5, 0.6) is 0 Å². The molecule has 0 spiro atoms. The van der Waals surface area contributed by atoms with Gasteiger partial charge in [0.15, 0.2) is 0 Å². The Morgan fingerprint density at radius 2 is 2.15 bits per heavy atom. The Hall–Kier alpha value is -1.78. The molecule has 1 heterocycles. The topological polar surface area (TPSA) is 46.4 Å². The molecule has 0 atom stereocenters. The Morgan fingerprint density at radius 1 is 1.35 bits per heavy atom. The van der Waals surface area contributed by atoms with E-state index in [-0.39, 0.29) is 5.91 Å². The fraction of sp³-hybridized carbons (Fsp3) is 0.143. The highest BCUT2D eigenvalue weighted by molar-refractivity contribution is 6.42. The van der Waals surface area contributed by atoms with Crippen LogP contribution in [0.25, 0.3) is 0 Å². The number of amides is 1. The summed E-state index contributed by atoms with van der Waals surface area (Å²) < 4.78 is 2.01. The molecule has 0 radical (unpaired) electrons. The monoisotopic (exact) mass is 309 g/mol. The van der Waals surface area contributed by atoms with E-state index in [1.807, 2.05) is 29.8 Å². The number of carbonyl (C=O) groups excluding carboxylic acids is 1. The van der Waals surface area contributed by atoms with Gasteiger partial charge in [-0.25, -0.2) is 5.43 Å². The normalized spacial score (nSPS) is 10.9. The van der Waals surface area contributed by atoms with Crippen LogP contribution in [-0.2, 0) is 6.54 Å². The number of aryl methyl sites for hydroxylation is 1. The lowest BCUT2D eigenvalue weighted by atomic mass is 10.2. The Kier molecular flexibility index (Phi) is 4.82. The van der Waals surface area contributed by atoms with E-state index >= 15 is 0 Å². The SMILES string of the molecule is CCn1cccc1/C=N\NC(=O)c1ccc(Cl)c(Cl)c1. The molecule has 1 amide bonds. The van der Waals surface area contributed by atoms with Gasteiger partial charge in [-0.3, -0.25) is 4.79 Å². The van der Waals surface area contributed by atoms with Crippen molar-refractivity contribution in [1.29, 1.82) is 0 Å². The minimum absolute atomic E-state index is 0.336. The van der Waals surface area contributed by atoms with Crippen molar-refractivity contribution in [2.75, 3.05) is 0 Å². The first-order valence-electron chi connectivity index (χ1n) is 6.05. The van der Waals surface area contributed by atoms with Crippen LogP contribution in [-0.4, -0.2) is 16.7 Å². The minimum atomic E-state index is -0.338. The second-order valence-electron chi connectivity index (χ2n) is 4.05. The van der Waals surface area contributed by atoms with Gasteiger partial charge in [0.1, 0.15) is 0 Å². The van der Waals surface area contributed by atoms with E-state index in [9.17, 15) is 4.79 Å². The maximum atomic E-state index is 11.9. The van der Waals surface area contributed by atoms with Crippen LogP contribution in [0.1, 0.15) is 23.0 Å². The lowest BCUT2D eigenvalue weighted by Crippen LogP contribution is -2.17. The maximum Gasteiger partial charge on any atom is 0.271 e. The Labute approximate surface area is 127 Å². The van der Waals surface area contributed by atoms with Crippen LogP contribution >= 0.6 is 23.2 Å². The average molecular weight is 310 g/mol. The van der Waals surface area contributed by atoms with Crippen molar-refractivity contribution in [3.63, 3.8) is 0 Å². The number of hydrogen-bond donors (Lipinski definition) is 1. The highest BCUT2D eigenvalue weighted by Crippen LogP contribution is 2.22. The van der Waals surface area contributed by atoms with Crippen LogP contribution in [0, 0.1) is 0 Å². The predicted molar refractivity (Wildman–Crippen MR) is 81.6 cm³/mol. The van der Waals surface area contributed by atoms with E-state index in [0.29, 0.717) is 15.6 Å². The van der Waals surface area contributed by atoms with Gasteiger partial charge < -0.3 is 4.57 Å². The summed E-state index contributed by atoms with van der Waals surface area (Å²) in [6.45, 7) is 2.88. The number of nitrogens with one attached hydrogen (secondary N) is 1. The molecule has 4 nitrogen and oxygen atoms in total. The van der Waals surface area contributed by atoms with Crippen LogP contribution in [0.15, 0.2) is 41.6 Å². The molecule has 0 saturated heterocycles. The summed E-state index contributed by atoms with van der Waals surface area (Å²) in [6, 6.07) is 8.51. The molecule has 2 rings (SSSR count). The molecule has 2 aromatic rings. The molecule has 6 heteroatoms. The van der Waals surface area contributed by atoms with Gasteiger partial charge in [-0.1, -0.05) is 23.2 Å². The van der Waals surface area contributed by atoms with Gasteiger partial charge in [0.05, 0.1) is 22.0 Å². The zero-order chi connectivity index (χ0) is 14.5. The predicted octanol–water partition coefficient (Wildman–Crippen LogP) is 3.58. The molecule has 0 aliphatic carbocycles. The molecular weight excluding hydrogens is 297 g/mol. The molecule has 0 aliphatic heterocycles. The molecule has 0 fully saturated rings. The molecule has 1 aromatic carbocycles. The Bertz CT molecular complexity index is 650. The number of hydrazone groups is 1. The smallest absolute Gasteiger partial charge is 0.271 e. The highest BCUT2D eigenvalue weighted by Gasteiger charge is 2.06. The zero-order valence-electron chi connectivity index (χ0n) is 10.8. The van der Waals surface area contributed by atoms with Crippen molar-refractivity contribution in [3.8, 4) is 0 Å². The first-order chi connectivity index (χ1) is 9.61. The third kappa shape index (κ3) is 3.40. The van der Waals surface area contributed by atoms with Crippen molar-refractivity contribution in [2.45, 2.75) is 13.5 Å². The van der Waals surface area contributed by atoms with Crippen molar-refractivity contribution < 1.29 is 4.79 Å². The first kappa shape index (κ1) is 14.6. The molecule has 0 unspecified atom stereocenters. The largest absolute Gasteiger partial charge is 0.347 e. The molecular formula is C14H13Cl2N3O. The molecule has 1 aromatic heterocycles. The molecule has 20 heavy (non-hydrogen) atoms. The zero-order valence-corrected chi connectivity index (χ0v) is 12.3. The number of halogens is 2. The highest BCUT2D eigenvalue weighted by atomic mass is 35.5. The number of benzene rings is 1. The second kappa shape index (κ2) is 6.59. The van der Waals surface area contributed by atoms with Crippen molar-refractivity contribution >= 4 is 35.3 Å². The fourth-order valence-electron chi connectivity index (χ4n) is 1.69. The minimum Gasteiger partial charge on any atom is -0.347 e. The quantitative estimate of drug-likeness (QED) is 0.681. The number of hydrogen-bond acceptors (Lipinski definition) is 2. The van der Waals surface area contributed by atoms with Crippen LogP contribution in [0.2, 0.25) is 10.0 Å². The van der Waals surface area contributed by atoms with Gasteiger partial charge in [-0.15, -0.1) is 0 Å². The lowest BCUT2D eigenvalue weighted by Gasteiger charge is -2.02. The summed E-state index contributed by atoms with van der Waals surface area (Å²) in [5, 5.41) is 4.68. The van der Waals surface area contributed by atoms with E-state index < -0.39 is 0 Å². The van der Waals surface area contributed by atoms with Crippen molar-refractivity contribution in [3.05, 3.63) is 57.8 Å². The lowest BCUT2D eigenvalue weighted by molar-refractivity contribution is 0.0955. The van der Waals surface area contributed by atoms with E-state index in [2.05, 4.69) is 10.5 Å². The third-order valence-corrected chi connectivity index (χ3v) is 3.49. The van der Waals surface area contributed by atoms with Gasteiger partial charge >= 0.3 is 0 Å². The Morgan fingerprint density at radius 3 is 2.85 bits per heavy atom. The second-order valence-corrected chi connectivity index (χ2v) is 4.86. The summed E-state index contributed by atoms with van der Waals surface area (Å²) >= 11 is 11.7. The van der Waals surface area contributed by atoms with E-state index in [1.54, 1.807) is 18.3 Å². The van der Waals surface area contributed by atoms with Crippen LogP contribution in [0.3, 0.4) is 0 Å². The van der Waals surface area contributed by atoms with Gasteiger partial charge in [0.2, 0.25) is 0 Å². The summed E-state index contributed by atoms with van der Waals surface area (Å²) in [7, 11) is 0. The number of rotatable bonds is 4. The van der Waals surface area contributed by atoms with E-state index in [0.717, 1.165) is 12.2 Å². The summed E-state index contributed by atoms with van der Waals surface area (Å²) in [5.74, 6) is -0.338. The molecule has 0 saturated carbocycles. The van der Waals surface area contributed by atoms with Crippen LogP contribution < -0.4 is 5.43 Å². The summed E-state index contributed by atoms with van der Waals surface area (Å²) in [6.07, 6.45) is 3.54. The fourth-order valence-corrected chi connectivity index (χ4v) is 1.99. The third-order valence-electron chi connectivity index (χ3n) is 2.75. The van der Waals surface area contributed by atoms with Gasteiger partial charge in [-0.05, 0) is 37.3 Å². The van der Waals surface area contributed by atoms with Crippen molar-refractivity contribution in [2.24, 2.45) is 5.10 Å². The van der Waals surface area contributed by atoms with Crippen molar-refractivity contribution in [1.82, 2.24) is 9.99 Å². The number of nitrogens with zero attached hydrogens (tertiary/aromatic N) is 2. The van der Waals surface area contributed by atoms with Gasteiger partial charge in [0.25, 0.3) is 5.91 Å². The summed E-state index contributed by atoms with van der Waals surface area (Å²) in [5.41, 5.74) is 3.77. The Balaban J connectivity index is 2.03. The number of carbonyl (C=O) groups is 1. The standard InChI is InChI=1S/C14H13Cl2N3O/c1-2-19-7-3-4-11(19)9-17-18-14(20)10-5-6-12(15)13(16)8-10/h3-9H,2H2,1H3,(H,18,20)/b17-9-. The molecule has 0 aliphatic rings. The van der Waals surface area contributed by atoms with E-state index in [4.69, 9.17) is 23.2 Å². The average Bonchev–Trinajstić information content (AvgIpc) is 2.89. The van der Waals surface area contributed by atoms with Crippen LogP contribution in [0.4, 0.5) is 0 Å². The summed E-state index contributed by atoms with van der Waals surface area (Å²) in [4.78, 5) is 11.9. The van der Waals surface area contributed by atoms with Gasteiger partial charge in [-0.2, -0.15) is 5.10 Å². The molecule has 104 valence electrons. The first-order valence-corrected chi connectivity index (χ1v) is 6.81. The maximum absolute atomic E-state index is 11.9. The number of aromatic nitrogens is 1. The van der Waals surface area contributed by atoms with E-state index in [1.165, 1.54) is 6.07 Å². The molecule has 0 bridgehead atoms.